The second-order valence-corrected chi connectivity index (χ2v) is 5.53. The Bertz CT molecular complexity index is 837. The first kappa shape index (κ1) is 18.9. The summed E-state index contributed by atoms with van der Waals surface area (Å²) >= 11 is 0. The first-order chi connectivity index (χ1) is 12.4. The second-order valence-electron chi connectivity index (χ2n) is 5.53. The Kier molecular flexibility index (Phi) is 6.21. The van der Waals surface area contributed by atoms with Crippen LogP contribution < -0.4 is 10.7 Å². The number of esters is 1. The van der Waals surface area contributed by atoms with Crippen LogP contribution in [0.15, 0.2) is 47.6 Å². The van der Waals surface area contributed by atoms with Crippen molar-refractivity contribution in [3.8, 4) is 0 Å². The molecule has 134 valence electrons. The molecule has 2 rings (SSSR count). The number of rotatable bonds is 4. The van der Waals surface area contributed by atoms with Gasteiger partial charge in [0.15, 0.2) is 0 Å². The van der Waals surface area contributed by atoms with E-state index in [1.807, 2.05) is 32.0 Å². The molecule has 0 saturated heterocycles. The third kappa shape index (κ3) is 4.76. The summed E-state index contributed by atoms with van der Waals surface area (Å²) in [6, 6.07) is 12.0. The molecule has 0 unspecified atom stereocenters. The molecule has 0 fully saturated rings. The van der Waals surface area contributed by atoms with Gasteiger partial charge in [0.25, 0.3) is 0 Å². The number of aryl methyl sites for hydroxylation is 2. The summed E-state index contributed by atoms with van der Waals surface area (Å²) in [7, 11) is 1.30. The zero-order valence-electron chi connectivity index (χ0n) is 14.7. The van der Waals surface area contributed by atoms with Crippen LogP contribution >= 0.6 is 0 Å². The molecule has 0 spiro atoms. The van der Waals surface area contributed by atoms with E-state index in [1.165, 1.54) is 13.3 Å². The molecule has 2 N–H and O–H groups in total. The lowest BCUT2D eigenvalue weighted by Gasteiger charge is -2.10. The van der Waals surface area contributed by atoms with Gasteiger partial charge in [-0.3, -0.25) is 9.59 Å². The van der Waals surface area contributed by atoms with Crippen molar-refractivity contribution >= 4 is 29.7 Å². The fourth-order valence-electron chi connectivity index (χ4n) is 2.22. The van der Waals surface area contributed by atoms with Crippen molar-refractivity contribution < 1.29 is 19.1 Å². The highest BCUT2D eigenvalue weighted by Gasteiger charge is 2.15. The average molecular weight is 353 g/mol. The van der Waals surface area contributed by atoms with Crippen molar-refractivity contribution in [3.63, 3.8) is 0 Å². The highest BCUT2D eigenvalue weighted by molar-refractivity contribution is 6.39. The summed E-state index contributed by atoms with van der Waals surface area (Å²) in [5.41, 5.74) is 5.55. The van der Waals surface area contributed by atoms with Crippen LogP contribution in [0.3, 0.4) is 0 Å². The summed E-state index contributed by atoms with van der Waals surface area (Å²) in [5, 5.41) is 6.32. The fourth-order valence-corrected chi connectivity index (χ4v) is 2.22. The van der Waals surface area contributed by atoms with Crippen molar-refractivity contribution in [1.29, 1.82) is 0 Å². The number of hydrogen-bond acceptors (Lipinski definition) is 5. The van der Waals surface area contributed by atoms with Gasteiger partial charge in [-0.1, -0.05) is 30.3 Å². The molecule has 0 aromatic heterocycles. The topological polar surface area (TPSA) is 96.9 Å². The second kappa shape index (κ2) is 8.57. The molecule has 0 atom stereocenters. The van der Waals surface area contributed by atoms with Gasteiger partial charge in [0, 0.05) is 5.69 Å². The molecular formula is C19H19N3O4. The zero-order valence-corrected chi connectivity index (χ0v) is 14.7. The van der Waals surface area contributed by atoms with Gasteiger partial charge >= 0.3 is 17.8 Å². The third-order valence-corrected chi connectivity index (χ3v) is 3.64. The lowest BCUT2D eigenvalue weighted by molar-refractivity contribution is -0.136. The van der Waals surface area contributed by atoms with Gasteiger partial charge in [0.05, 0.1) is 18.9 Å². The number of hydrazone groups is 1. The normalized spacial score (nSPS) is 10.4. The molecule has 2 aromatic carbocycles. The number of hydrogen-bond donors (Lipinski definition) is 2. The molecule has 7 heteroatoms. The van der Waals surface area contributed by atoms with E-state index in [0.29, 0.717) is 16.8 Å². The third-order valence-electron chi connectivity index (χ3n) is 3.64. The minimum Gasteiger partial charge on any atom is -0.465 e. The molecule has 0 saturated carbocycles. The van der Waals surface area contributed by atoms with Crippen LogP contribution in [-0.2, 0) is 14.3 Å². The highest BCUT2D eigenvalue weighted by atomic mass is 16.5. The van der Waals surface area contributed by atoms with Crippen LogP contribution in [0.4, 0.5) is 5.69 Å². The summed E-state index contributed by atoms with van der Waals surface area (Å²) in [5.74, 6) is -2.12. The van der Waals surface area contributed by atoms with Crippen molar-refractivity contribution in [2.24, 2.45) is 5.10 Å². The number of amides is 2. The smallest absolute Gasteiger partial charge is 0.337 e. The SMILES string of the molecule is COC(=O)c1ccc(/C=N\NC(=O)C(=O)Nc2c(C)cccc2C)cc1. The van der Waals surface area contributed by atoms with E-state index in [4.69, 9.17) is 0 Å². The van der Waals surface area contributed by atoms with E-state index in [-0.39, 0.29) is 0 Å². The molecule has 2 aromatic rings. The van der Waals surface area contributed by atoms with Gasteiger partial charge in [-0.25, -0.2) is 10.2 Å². The number of nitrogens with one attached hydrogen (secondary N) is 2. The maximum absolute atomic E-state index is 12.0. The summed E-state index contributed by atoms with van der Waals surface area (Å²) < 4.78 is 4.61. The van der Waals surface area contributed by atoms with E-state index in [1.54, 1.807) is 24.3 Å². The highest BCUT2D eigenvalue weighted by Crippen LogP contribution is 2.19. The monoisotopic (exact) mass is 353 g/mol. The van der Waals surface area contributed by atoms with Crippen molar-refractivity contribution in [2.75, 3.05) is 12.4 Å². The molecule has 0 radical (unpaired) electrons. The van der Waals surface area contributed by atoms with Gasteiger partial charge in [-0.05, 0) is 42.7 Å². The summed E-state index contributed by atoms with van der Waals surface area (Å²) in [4.78, 5) is 35.2. The molecule has 0 heterocycles. The van der Waals surface area contributed by atoms with Crippen LogP contribution in [0.25, 0.3) is 0 Å². The number of carbonyl (C=O) groups excluding carboxylic acids is 3. The number of para-hydroxylation sites is 1. The molecule has 7 nitrogen and oxygen atoms in total. The average Bonchev–Trinajstić information content (AvgIpc) is 2.64. The van der Waals surface area contributed by atoms with E-state index < -0.39 is 17.8 Å². The Morgan fingerprint density at radius 2 is 1.58 bits per heavy atom. The molecule has 0 aliphatic carbocycles. The fraction of sp³-hybridized carbons (Fsp3) is 0.158. The van der Waals surface area contributed by atoms with E-state index >= 15 is 0 Å². The van der Waals surface area contributed by atoms with Crippen LogP contribution in [-0.4, -0.2) is 31.1 Å². The lowest BCUT2D eigenvalue weighted by Crippen LogP contribution is -2.32. The Labute approximate surface area is 151 Å². The van der Waals surface area contributed by atoms with E-state index in [0.717, 1.165) is 11.1 Å². The predicted molar refractivity (Wildman–Crippen MR) is 98.1 cm³/mol. The molecule has 0 aliphatic rings. The molecular weight excluding hydrogens is 334 g/mol. The first-order valence-electron chi connectivity index (χ1n) is 7.81. The van der Waals surface area contributed by atoms with Crippen molar-refractivity contribution in [3.05, 3.63) is 64.7 Å². The Hall–Kier alpha value is -3.48. The quantitative estimate of drug-likeness (QED) is 0.381. The Morgan fingerprint density at radius 3 is 2.15 bits per heavy atom. The number of benzene rings is 2. The number of anilines is 1. The minimum atomic E-state index is -0.880. The number of methoxy groups -OCH3 is 1. The van der Waals surface area contributed by atoms with Crippen LogP contribution in [0.1, 0.15) is 27.0 Å². The zero-order chi connectivity index (χ0) is 19.1. The van der Waals surface area contributed by atoms with Crippen LogP contribution in [0.2, 0.25) is 0 Å². The van der Waals surface area contributed by atoms with E-state index in [2.05, 4.69) is 20.6 Å². The first-order valence-corrected chi connectivity index (χ1v) is 7.81. The number of nitrogens with zero attached hydrogens (tertiary/aromatic N) is 1. The van der Waals surface area contributed by atoms with Gasteiger partial charge in [0.2, 0.25) is 0 Å². The van der Waals surface area contributed by atoms with Crippen molar-refractivity contribution in [2.45, 2.75) is 13.8 Å². The summed E-state index contributed by atoms with van der Waals surface area (Å²) in [6.07, 6.45) is 1.37. The van der Waals surface area contributed by atoms with Gasteiger partial charge in [0.1, 0.15) is 0 Å². The molecule has 26 heavy (non-hydrogen) atoms. The van der Waals surface area contributed by atoms with Gasteiger partial charge in [-0.15, -0.1) is 0 Å². The summed E-state index contributed by atoms with van der Waals surface area (Å²) in [6.45, 7) is 3.69. The number of ether oxygens (including phenoxy) is 1. The van der Waals surface area contributed by atoms with Gasteiger partial charge in [-0.2, -0.15) is 5.10 Å². The largest absolute Gasteiger partial charge is 0.465 e. The molecule has 2 amide bonds. The molecule has 0 aliphatic heterocycles. The van der Waals surface area contributed by atoms with Crippen LogP contribution in [0, 0.1) is 13.8 Å². The number of carbonyl (C=O) groups is 3. The van der Waals surface area contributed by atoms with Gasteiger partial charge < -0.3 is 10.1 Å². The predicted octanol–water partition coefficient (Wildman–Crippen LogP) is 2.18. The minimum absolute atomic E-state index is 0.404. The Balaban J connectivity index is 1.94. The maximum atomic E-state index is 12.0. The maximum Gasteiger partial charge on any atom is 0.337 e. The molecule has 0 bridgehead atoms. The Morgan fingerprint density at radius 1 is 0.962 bits per heavy atom. The van der Waals surface area contributed by atoms with Crippen molar-refractivity contribution in [1.82, 2.24) is 5.43 Å². The van der Waals surface area contributed by atoms with Crippen LogP contribution in [0.5, 0.6) is 0 Å². The van der Waals surface area contributed by atoms with E-state index in [9.17, 15) is 14.4 Å². The standard InChI is InChI=1S/C19H19N3O4/c1-12-5-4-6-13(2)16(12)21-17(23)18(24)22-20-11-14-7-9-15(10-8-14)19(25)26-3/h4-11H,1-3H3,(H,21,23)(H,22,24)/b20-11-. The lowest BCUT2D eigenvalue weighted by atomic mass is 10.1.